The van der Waals surface area contributed by atoms with Crippen molar-refractivity contribution in [2.24, 2.45) is 5.73 Å². The highest BCUT2D eigenvalue weighted by molar-refractivity contribution is 5.85. The summed E-state index contributed by atoms with van der Waals surface area (Å²) in [7, 11) is 0. The maximum atomic E-state index is 13.0. The van der Waals surface area contributed by atoms with Crippen molar-refractivity contribution in [1.82, 2.24) is 10.1 Å². The summed E-state index contributed by atoms with van der Waals surface area (Å²) in [5, 5.41) is 3.87. The predicted molar refractivity (Wildman–Crippen MR) is 77.2 cm³/mol. The van der Waals surface area contributed by atoms with Crippen LogP contribution in [0.4, 0.5) is 10.1 Å². The van der Waals surface area contributed by atoms with E-state index in [1.165, 1.54) is 12.1 Å². The zero-order valence-electron chi connectivity index (χ0n) is 11.4. The van der Waals surface area contributed by atoms with E-state index in [0.717, 1.165) is 5.69 Å². The van der Waals surface area contributed by atoms with Crippen molar-refractivity contribution in [1.29, 1.82) is 0 Å². The third kappa shape index (κ3) is 3.91. The highest BCUT2D eigenvalue weighted by Crippen LogP contribution is 2.19. The van der Waals surface area contributed by atoms with E-state index < -0.39 is 0 Å². The van der Waals surface area contributed by atoms with Gasteiger partial charge in [-0.15, -0.1) is 12.4 Å². The Hall–Kier alpha value is -1.66. The van der Waals surface area contributed by atoms with Crippen LogP contribution in [0.25, 0.3) is 0 Å². The first-order valence-electron chi connectivity index (χ1n) is 6.14. The van der Waals surface area contributed by atoms with Gasteiger partial charge in [-0.3, -0.25) is 0 Å². The van der Waals surface area contributed by atoms with Crippen molar-refractivity contribution >= 4 is 18.1 Å². The standard InChI is InChI=1S/C13H17FN4O.ClH/c1-9(2)18(11-5-3-10(14)4-6-11)8-12-16-13(7-15)19-17-12;/h3-6,9H,7-8,15H2,1-2H3;1H. The molecule has 110 valence electrons. The molecular formula is C13H18ClFN4O. The Kier molecular flexibility index (Phi) is 5.91. The van der Waals surface area contributed by atoms with Gasteiger partial charge in [-0.05, 0) is 38.1 Å². The minimum absolute atomic E-state index is 0. The van der Waals surface area contributed by atoms with E-state index >= 15 is 0 Å². The van der Waals surface area contributed by atoms with Crippen molar-refractivity contribution in [2.75, 3.05) is 4.90 Å². The number of benzene rings is 1. The van der Waals surface area contributed by atoms with Crippen LogP contribution < -0.4 is 10.6 Å². The highest BCUT2D eigenvalue weighted by Gasteiger charge is 2.15. The number of anilines is 1. The fourth-order valence-electron chi connectivity index (χ4n) is 1.79. The lowest BCUT2D eigenvalue weighted by atomic mass is 10.2. The molecule has 0 amide bonds. The Balaban J connectivity index is 0.00000200. The van der Waals surface area contributed by atoms with Crippen LogP contribution in [-0.4, -0.2) is 16.2 Å². The summed E-state index contributed by atoms with van der Waals surface area (Å²) in [6.45, 7) is 4.82. The van der Waals surface area contributed by atoms with Crippen molar-refractivity contribution < 1.29 is 8.91 Å². The third-order valence-corrected chi connectivity index (χ3v) is 2.78. The molecule has 20 heavy (non-hydrogen) atoms. The zero-order valence-corrected chi connectivity index (χ0v) is 12.2. The quantitative estimate of drug-likeness (QED) is 0.919. The molecule has 0 aliphatic heterocycles. The summed E-state index contributed by atoms with van der Waals surface area (Å²) in [6.07, 6.45) is 0. The lowest BCUT2D eigenvalue weighted by Gasteiger charge is -2.27. The smallest absolute Gasteiger partial charge is 0.240 e. The molecule has 1 heterocycles. The molecule has 7 heteroatoms. The van der Waals surface area contributed by atoms with Crippen LogP contribution in [0.5, 0.6) is 0 Å². The molecule has 2 aromatic rings. The van der Waals surface area contributed by atoms with Gasteiger partial charge in [-0.1, -0.05) is 5.16 Å². The summed E-state index contributed by atoms with van der Waals surface area (Å²) in [5.41, 5.74) is 6.34. The Morgan fingerprint density at radius 2 is 1.95 bits per heavy atom. The fourth-order valence-corrected chi connectivity index (χ4v) is 1.79. The Morgan fingerprint density at radius 3 is 2.45 bits per heavy atom. The molecule has 0 fully saturated rings. The van der Waals surface area contributed by atoms with Gasteiger partial charge in [0.05, 0.1) is 13.1 Å². The maximum absolute atomic E-state index is 13.0. The Labute approximate surface area is 123 Å². The number of aromatic nitrogens is 2. The molecule has 2 N–H and O–H groups in total. The highest BCUT2D eigenvalue weighted by atomic mass is 35.5. The molecule has 0 unspecified atom stereocenters. The largest absolute Gasteiger partial charge is 0.361 e. The van der Waals surface area contributed by atoms with Gasteiger partial charge in [0, 0.05) is 11.7 Å². The van der Waals surface area contributed by atoms with E-state index in [9.17, 15) is 4.39 Å². The van der Waals surface area contributed by atoms with Crippen LogP contribution in [-0.2, 0) is 13.1 Å². The number of nitrogens with two attached hydrogens (primary N) is 1. The Bertz CT molecular complexity index is 529. The first-order chi connectivity index (χ1) is 9.10. The third-order valence-electron chi connectivity index (χ3n) is 2.78. The number of rotatable bonds is 5. The summed E-state index contributed by atoms with van der Waals surface area (Å²) in [5.74, 6) is 0.730. The molecule has 1 aromatic carbocycles. The number of halogens is 2. The summed E-state index contributed by atoms with van der Waals surface area (Å²) in [6, 6.07) is 6.57. The minimum atomic E-state index is -0.252. The molecule has 1 aromatic heterocycles. The molecule has 0 aliphatic carbocycles. The van der Waals surface area contributed by atoms with Gasteiger partial charge in [0.1, 0.15) is 5.82 Å². The minimum Gasteiger partial charge on any atom is -0.361 e. The molecule has 0 aliphatic rings. The second-order valence-corrected chi connectivity index (χ2v) is 4.51. The van der Waals surface area contributed by atoms with Crippen LogP contribution >= 0.6 is 12.4 Å². The van der Waals surface area contributed by atoms with E-state index in [2.05, 4.69) is 15.0 Å². The molecule has 5 nitrogen and oxygen atoms in total. The monoisotopic (exact) mass is 300 g/mol. The van der Waals surface area contributed by atoms with Gasteiger partial charge >= 0.3 is 0 Å². The summed E-state index contributed by atoms with van der Waals surface area (Å²) in [4.78, 5) is 6.24. The summed E-state index contributed by atoms with van der Waals surface area (Å²) < 4.78 is 17.9. The van der Waals surface area contributed by atoms with Crippen molar-refractivity contribution in [2.45, 2.75) is 33.0 Å². The number of hydrogen-bond donors (Lipinski definition) is 1. The lowest BCUT2D eigenvalue weighted by Crippen LogP contribution is -2.30. The van der Waals surface area contributed by atoms with Crippen molar-refractivity contribution in [3.05, 3.63) is 41.8 Å². The maximum Gasteiger partial charge on any atom is 0.240 e. The van der Waals surface area contributed by atoms with E-state index in [4.69, 9.17) is 10.3 Å². The molecular weight excluding hydrogens is 283 g/mol. The topological polar surface area (TPSA) is 68.2 Å². The van der Waals surface area contributed by atoms with Crippen molar-refractivity contribution in [3.63, 3.8) is 0 Å². The normalized spacial score (nSPS) is 10.4. The van der Waals surface area contributed by atoms with Crippen LogP contribution in [0.3, 0.4) is 0 Å². The molecule has 0 radical (unpaired) electrons. The van der Waals surface area contributed by atoms with E-state index in [1.54, 1.807) is 12.1 Å². The van der Waals surface area contributed by atoms with Crippen molar-refractivity contribution in [3.8, 4) is 0 Å². The van der Waals surface area contributed by atoms with Gasteiger partial charge < -0.3 is 15.2 Å². The van der Waals surface area contributed by atoms with Gasteiger partial charge in [0.2, 0.25) is 5.89 Å². The van der Waals surface area contributed by atoms with Gasteiger partial charge in [0.15, 0.2) is 5.82 Å². The second kappa shape index (κ2) is 7.21. The van der Waals surface area contributed by atoms with Crippen LogP contribution in [0, 0.1) is 5.82 Å². The van der Waals surface area contributed by atoms with Crippen LogP contribution in [0.15, 0.2) is 28.8 Å². The van der Waals surface area contributed by atoms with Gasteiger partial charge in [-0.25, -0.2) is 4.39 Å². The van der Waals surface area contributed by atoms with E-state index in [1.807, 2.05) is 13.8 Å². The zero-order chi connectivity index (χ0) is 13.8. The number of hydrogen-bond acceptors (Lipinski definition) is 5. The fraction of sp³-hybridized carbons (Fsp3) is 0.385. The first-order valence-corrected chi connectivity index (χ1v) is 6.14. The average molecular weight is 301 g/mol. The molecule has 0 bridgehead atoms. The lowest BCUT2D eigenvalue weighted by molar-refractivity contribution is 0.374. The molecule has 0 saturated heterocycles. The predicted octanol–water partition coefficient (Wildman–Crippen LogP) is 2.50. The SMILES string of the molecule is CC(C)N(Cc1noc(CN)n1)c1ccc(F)cc1.Cl. The molecule has 0 atom stereocenters. The Morgan fingerprint density at radius 1 is 1.30 bits per heavy atom. The number of nitrogens with zero attached hydrogens (tertiary/aromatic N) is 3. The van der Waals surface area contributed by atoms with E-state index in [0.29, 0.717) is 18.3 Å². The van der Waals surface area contributed by atoms with Crippen LogP contribution in [0.2, 0.25) is 0 Å². The van der Waals surface area contributed by atoms with E-state index in [-0.39, 0.29) is 30.8 Å². The van der Waals surface area contributed by atoms with Gasteiger partial charge in [-0.2, -0.15) is 4.98 Å². The first kappa shape index (κ1) is 16.4. The molecule has 2 rings (SSSR count). The second-order valence-electron chi connectivity index (χ2n) is 4.51. The summed E-state index contributed by atoms with van der Waals surface area (Å²) >= 11 is 0. The molecule has 0 spiro atoms. The molecule has 0 saturated carbocycles. The van der Waals surface area contributed by atoms with Crippen LogP contribution in [0.1, 0.15) is 25.6 Å². The van der Waals surface area contributed by atoms with Gasteiger partial charge in [0.25, 0.3) is 0 Å². The average Bonchev–Trinajstić information content (AvgIpc) is 2.85.